The molecule has 0 fully saturated rings. The van der Waals surface area contributed by atoms with Gasteiger partial charge in [0.15, 0.2) is 0 Å². The number of hydrogen-bond donors (Lipinski definition) is 1. The van der Waals surface area contributed by atoms with Crippen LogP contribution in [0.15, 0.2) is 35.7 Å². The number of aromatic nitrogens is 2. The Morgan fingerprint density at radius 2 is 1.91 bits per heavy atom. The fourth-order valence-corrected chi connectivity index (χ4v) is 1.81. The summed E-state index contributed by atoms with van der Waals surface area (Å²) in [6.45, 7) is 1.94. The number of hydrazone groups is 1. The van der Waals surface area contributed by atoms with E-state index in [4.69, 9.17) is 9.47 Å². The Morgan fingerprint density at radius 3 is 2.52 bits per heavy atom. The Kier molecular flexibility index (Phi) is 5.62. The fourth-order valence-electron chi connectivity index (χ4n) is 1.81. The smallest absolute Gasteiger partial charge is 0.291 e. The lowest BCUT2D eigenvalue weighted by atomic mass is 10.2. The molecule has 0 aliphatic heterocycles. The lowest BCUT2D eigenvalue weighted by Gasteiger charge is -2.05. The van der Waals surface area contributed by atoms with Crippen molar-refractivity contribution in [2.45, 2.75) is 13.3 Å². The van der Waals surface area contributed by atoms with Gasteiger partial charge in [-0.05, 0) is 18.6 Å². The number of carbonyl (C=O) groups excluding carboxylic acids is 1. The molecule has 0 aliphatic rings. The average Bonchev–Trinajstić information content (AvgIpc) is 2.61. The van der Waals surface area contributed by atoms with Gasteiger partial charge in [-0.15, -0.1) is 0 Å². The van der Waals surface area contributed by atoms with Crippen LogP contribution in [0.4, 0.5) is 0 Å². The van der Waals surface area contributed by atoms with Gasteiger partial charge in [0.25, 0.3) is 5.91 Å². The molecule has 2 aromatic rings. The van der Waals surface area contributed by atoms with Gasteiger partial charge in [-0.3, -0.25) is 9.78 Å². The molecular weight excluding hydrogens is 296 g/mol. The highest BCUT2D eigenvalue weighted by molar-refractivity contribution is 5.92. The summed E-state index contributed by atoms with van der Waals surface area (Å²) in [7, 11) is 3.13. The summed E-state index contributed by atoms with van der Waals surface area (Å²) >= 11 is 0. The van der Waals surface area contributed by atoms with Crippen LogP contribution in [0.25, 0.3) is 0 Å². The van der Waals surface area contributed by atoms with E-state index in [0.29, 0.717) is 17.9 Å². The molecule has 1 amide bonds. The second-order valence-corrected chi connectivity index (χ2v) is 4.59. The predicted octanol–water partition coefficient (Wildman–Crippen LogP) is 1.82. The Balaban J connectivity index is 2.07. The topological polar surface area (TPSA) is 85.7 Å². The van der Waals surface area contributed by atoms with Crippen LogP contribution in [0.2, 0.25) is 0 Å². The number of amides is 1. The van der Waals surface area contributed by atoms with E-state index in [0.717, 1.165) is 11.3 Å². The average molecular weight is 314 g/mol. The third-order valence-corrected chi connectivity index (χ3v) is 3.03. The molecule has 120 valence electrons. The number of carbonyl (C=O) groups is 1. The molecule has 1 aromatic heterocycles. The van der Waals surface area contributed by atoms with Gasteiger partial charge in [-0.1, -0.05) is 6.92 Å². The molecule has 0 spiro atoms. The van der Waals surface area contributed by atoms with Crippen molar-refractivity contribution in [3.8, 4) is 11.5 Å². The molecule has 0 saturated carbocycles. The number of nitrogens with zero attached hydrogens (tertiary/aromatic N) is 3. The van der Waals surface area contributed by atoms with E-state index in [1.165, 1.54) is 12.4 Å². The molecule has 7 nitrogen and oxygen atoms in total. The minimum atomic E-state index is -0.418. The van der Waals surface area contributed by atoms with E-state index < -0.39 is 5.91 Å². The van der Waals surface area contributed by atoms with E-state index in [9.17, 15) is 4.79 Å². The Bertz CT molecular complexity index is 694. The van der Waals surface area contributed by atoms with Gasteiger partial charge in [0.05, 0.1) is 32.3 Å². The number of benzene rings is 1. The minimum absolute atomic E-state index is 0.227. The van der Waals surface area contributed by atoms with Crippen LogP contribution in [0.5, 0.6) is 11.5 Å². The van der Waals surface area contributed by atoms with Gasteiger partial charge in [0, 0.05) is 17.8 Å². The van der Waals surface area contributed by atoms with Crippen molar-refractivity contribution in [1.82, 2.24) is 15.4 Å². The molecule has 0 saturated heterocycles. The highest BCUT2D eigenvalue weighted by Crippen LogP contribution is 2.21. The molecule has 0 radical (unpaired) electrons. The fraction of sp³-hybridized carbons (Fsp3) is 0.250. The third kappa shape index (κ3) is 4.50. The van der Waals surface area contributed by atoms with E-state index in [2.05, 4.69) is 20.5 Å². The summed E-state index contributed by atoms with van der Waals surface area (Å²) in [6, 6.07) is 5.30. The van der Waals surface area contributed by atoms with Crippen LogP contribution < -0.4 is 14.9 Å². The number of methoxy groups -OCH3 is 2. The van der Waals surface area contributed by atoms with Crippen molar-refractivity contribution < 1.29 is 14.3 Å². The van der Waals surface area contributed by atoms with E-state index in [1.807, 2.05) is 6.92 Å². The maximum Gasteiger partial charge on any atom is 0.291 e. The largest absolute Gasteiger partial charge is 0.497 e. The Hall–Kier alpha value is -2.96. The predicted molar refractivity (Wildman–Crippen MR) is 86.0 cm³/mol. The molecule has 1 N–H and O–H groups in total. The Labute approximate surface area is 134 Å². The van der Waals surface area contributed by atoms with Crippen LogP contribution in [0.3, 0.4) is 0 Å². The van der Waals surface area contributed by atoms with Gasteiger partial charge < -0.3 is 9.47 Å². The SMILES string of the molecule is CCc1cncc(C(=O)N/N=C/c2cc(OC)cc(OC)c2)n1. The van der Waals surface area contributed by atoms with E-state index in [1.54, 1.807) is 38.6 Å². The number of aryl methyl sites for hydroxylation is 1. The first kappa shape index (κ1) is 16.4. The summed E-state index contributed by atoms with van der Waals surface area (Å²) in [5, 5.41) is 3.92. The minimum Gasteiger partial charge on any atom is -0.497 e. The maximum absolute atomic E-state index is 12.0. The number of nitrogens with one attached hydrogen (secondary N) is 1. The van der Waals surface area contributed by atoms with Crippen molar-refractivity contribution in [2.75, 3.05) is 14.2 Å². The van der Waals surface area contributed by atoms with Gasteiger partial charge in [0.2, 0.25) is 0 Å². The third-order valence-electron chi connectivity index (χ3n) is 3.03. The quantitative estimate of drug-likeness (QED) is 0.649. The summed E-state index contributed by atoms with van der Waals surface area (Å²) < 4.78 is 10.3. The first-order chi connectivity index (χ1) is 11.2. The van der Waals surface area contributed by atoms with Gasteiger partial charge in [0.1, 0.15) is 17.2 Å². The number of ether oxygens (including phenoxy) is 2. The molecule has 1 aromatic carbocycles. The normalized spacial score (nSPS) is 10.6. The van der Waals surface area contributed by atoms with Gasteiger partial charge in [-0.2, -0.15) is 5.10 Å². The van der Waals surface area contributed by atoms with Crippen LogP contribution in [-0.2, 0) is 6.42 Å². The number of hydrogen-bond acceptors (Lipinski definition) is 6. The molecule has 0 bridgehead atoms. The second-order valence-electron chi connectivity index (χ2n) is 4.59. The zero-order valence-electron chi connectivity index (χ0n) is 13.2. The molecule has 0 aliphatic carbocycles. The lowest BCUT2D eigenvalue weighted by Crippen LogP contribution is -2.19. The zero-order valence-corrected chi connectivity index (χ0v) is 13.2. The molecule has 23 heavy (non-hydrogen) atoms. The van der Waals surface area contributed by atoms with Gasteiger partial charge in [-0.25, -0.2) is 10.4 Å². The summed E-state index contributed by atoms with van der Waals surface area (Å²) in [5.74, 6) is 0.858. The molecule has 2 rings (SSSR count). The zero-order chi connectivity index (χ0) is 16.7. The molecule has 0 atom stereocenters. The first-order valence-corrected chi connectivity index (χ1v) is 7.03. The second kappa shape index (κ2) is 7.88. The van der Waals surface area contributed by atoms with E-state index >= 15 is 0 Å². The van der Waals surface area contributed by atoms with Crippen molar-refractivity contribution in [3.05, 3.63) is 47.5 Å². The summed E-state index contributed by atoms with van der Waals surface area (Å²) in [4.78, 5) is 20.1. The monoisotopic (exact) mass is 314 g/mol. The van der Waals surface area contributed by atoms with Gasteiger partial charge >= 0.3 is 0 Å². The van der Waals surface area contributed by atoms with Crippen LogP contribution in [0.1, 0.15) is 28.7 Å². The Morgan fingerprint density at radius 1 is 1.22 bits per heavy atom. The lowest BCUT2D eigenvalue weighted by molar-refractivity contribution is 0.0949. The highest BCUT2D eigenvalue weighted by Gasteiger charge is 2.07. The molecule has 1 heterocycles. The number of rotatable bonds is 6. The highest BCUT2D eigenvalue weighted by atomic mass is 16.5. The summed E-state index contributed by atoms with van der Waals surface area (Å²) in [5.41, 5.74) is 4.13. The van der Waals surface area contributed by atoms with Crippen molar-refractivity contribution in [2.24, 2.45) is 5.10 Å². The van der Waals surface area contributed by atoms with Crippen LogP contribution in [0, 0.1) is 0 Å². The van der Waals surface area contributed by atoms with Crippen molar-refractivity contribution >= 4 is 12.1 Å². The van der Waals surface area contributed by atoms with E-state index in [-0.39, 0.29) is 5.69 Å². The standard InChI is InChI=1S/C16H18N4O3/c1-4-12-9-17-10-15(19-12)16(21)20-18-8-11-5-13(22-2)7-14(6-11)23-3/h5-10H,4H2,1-3H3,(H,20,21)/b18-8+. The molecular formula is C16H18N4O3. The van der Waals surface area contributed by atoms with Crippen molar-refractivity contribution in [3.63, 3.8) is 0 Å². The van der Waals surface area contributed by atoms with Crippen LogP contribution in [-0.4, -0.2) is 36.3 Å². The van der Waals surface area contributed by atoms with Crippen LogP contribution >= 0.6 is 0 Å². The first-order valence-electron chi connectivity index (χ1n) is 7.03. The molecule has 7 heteroatoms. The summed E-state index contributed by atoms with van der Waals surface area (Å²) in [6.07, 6.45) is 5.24. The molecule has 0 unspecified atom stereocenters. The maximum atomic E-state index is 12.0. The van der Waals surface area contributed by atoms with Crippen molar-refractivity contribution in [1.29, 1.82) is 0 Å².